The van der Waals surface area contributed by atoms with E-state index in [0.29, 0.717) is 52.8 Å². The van der Waals surface area contributed by atoms with E-state index >= 15 is 0 Å². The smallest absolute Gasteiger partial charge is 0.259 e. The third kappa shape index (κ3) is 6.76. The first-order valence-corrected chi connectivity index (χ1v) is 17.8. The number of phenolic OH excluding ortho intramolecular Hbond substituents is 1. The molecule has 7 rings (SSSR count). The summed E-state index contributed by atoms with van der Waals surface area (Å²) in [7, 11) is 3.60. The lowest BCUT2D eigenvalue weighted by molar-refractivity contribution is -0.132. The first-order valence-electron chi connectivity index (χ1n) is 17.4. The number of anilines is 1. The number of halogens is 1. The lowest BCUT2D eigenvalue weighted by atomic mass is 9.92. The van der Waals surface area contributed by atoms with Crippen molar-refractivity contribution >= 4 is 35.0 Å². The summed E-state index contributed by atoms with van der Waals surface area (Å²) in [5.74, 6) is 0.427. The number of fused-ring (bicyclic) bond motifs is 2. The zero-order valence-corrected chi connectivity index (χ0v) is 30.5. The van der Waals surface area contributed by atoms with Crippen LogP contribution < -0.4 is 9.64 Å². The van der Waals surface area contributed by atoms with E-state index in [9.17, 15) is 19.5 Å². The number of ether oxygens (including phenoxy) is 1. The molecule has 52 heavy (non-hydrogen) atoms. The van der Waals surface area contributed by atoms with Gasteiger partial charge < -0.3 is 29.1 Å². The van der Waals surface area contributed by atoms with Gasteiger partial charge in [-0.1, -0.05) is 35.9 Å². The molecule has 3 heterocycles. The van der Waals surface area contributed by atoms with Crippen molar-refractivity contribution in [3.63, 3.8) is 0 Å². The molecule has 1 aromatic heterocycles. The van der Waals surface area contributed by atoms with Crippen LogP contribution >= 0.6 is 11.6 Å². The highest BCUT2D eigenvalue weighted by Crippen LogP contribution is 2.37. The average Bonchev–Trinajstić information content (AvgIpc) is 3.70. The zero-order valence-electron chi connectivity index (χ0n) is 29.7. The van der Waals surface area contributed by atoms with E-state index in [4.69, 9.17) is 16.3 Å². The maximum absolute atomic E-state index is 14.7. The molecule has 4 aromatic carbocycles. The minimum atomic E-state index is -0.210. The van der Waals surface area contributed by atoms with Crippen molar-refractivity contribution in [2.75, 3.05) is 18.6 Å². The number of carbonyl (C=O) groups excluding carboxylic acids is 3. The van der Waals surface area contributed by atoms with E-state index in [2.05, 4.69) is 19.1 Å². The number of carbonyl (C=O) groups is 3. The molecule has 1 atom stereocenters. The van der Waals surface area contributed by atoms with Gasteiger partial charge >= 0.3 is 0 Å². The van der Waals surface area contributed by atoms with Gasteiger partial charge in [-0.05, 0) is 109 Å². The Bertz CT molecular complexity index is 2180. The van der Waals surface area contributed by atoms with Crippen molar-refractivity contribution in [1.29, 1.82) is 0 Å². The van der Waals surface area contributed by atoms with Gasteiger partial charge in [0, 0.05) is 73.0 Å². The molecule has 2 aliphatic heterocycles. The summed E-state index contributed by atoms with van der Waals surface area (Å²) < 4.78 is 7.75. The molecule has 3 amide bonds. The lowest BCUT2D eigenvalue weighted by Gasteiger charge is -2.35. The molecule has 266 valence electrons. The van der Waals surface area contributed by atoms with Crippen LogP contribution in [0.15, 0.2) is 91.0 Å². The summed E-state index contributed by atoms with van der Waals surface area (Å²) in [6.07, 6.45) is 0.963. The molecule has 10 heteroatoms. The fourth-order valence-electron chi connectivity index (χ4n) is 7.22. The Hall–Kier alpha value is -5.54. The summed E-state index contributed by atoms with van der Waals surface area (Å²) in [6, 6.07) is 27.6. The predicted molar refractivity (Wildman–Crippen MR) is 202 cm³/mol. The first kappa shape index (κ1) is 34.9. The quantitative estimate of drug-likeness (QED) is 0.179. The normalized spacial score (nSPS) is 14.9. The van der Waals surface area contributed by atoms with Crippen LogP contribution in [0.4, 0.5) is 5.69 Å². The van der Waals surface area contributed by atoms with E-state index in [1.807, 2.05) is 53.8 Å². The van der Waals surface area contributed by atoms with E-state index in [1.54, 1.807) is 65.4 Å². The maximum atomic E-state index is 14.7. The Morgan fingerprint density at radius 3 is 2.25 bits per heavy atom. The van der Waals surface area contributed by atoms with Gasteiger partial charge in [0.05, 0.1) is 18.6 Å². The number of hydrogen-bond acceptors (Lipinski definition) is 5. The largest absolute Gasteiger partial charge is 0.508 e. The molecule has 9 nitrogen and oxygen atoms in total. The lowest BCUT2D eigenvalue weighted by Crippen LogP contribution is -2.42. The highest BCUT2D eigenvalue weighted by molar-refractivity contribution is 6.30. The molecule has 0 aliphatic carbocycles. The van der Waals surface area contributed by atoms with Crippen LogP contribution in [0.2, 0.25) is 5.02 Å². The zero-order chi connectivity index (χ0) is 36.7. The Morgan fingerprint density at radius 2 is 1.54 bits per heavy atom. The highest BCUT2D eigenvalue weighted by Gasteiger charge is 2.33. The molecule has 0 unspecified atom stereocenters. The van der Waals surface area contributed by atoms with E-state index in [1.165, 1.54) is 5.56 Å². The van der Waals surface area contributed by atoms with E-state index in [-0.39, 0.29) is 42.5 Å². The van der Waals surface area contributed by atoms with Crippen molar-refractivity contribution in [3.8, 4) is 22.8 Å². The standard InChI is InChI=1S/C42H41ClN4O5/c1-26-19-28-7-5-6-8-29(28)25-47(26)42(51)38-21-31-24-46(40(49)17-18-52-35-15-9-32(43)10-16-35)23-30(31)20-37(38)39-22-36(27(2)44(39)3)41(50)45(4)33-11-13-34(48)14-12-33/h5-16,20-22,26,48H,17-19,23-25H2,1-4H3/t26-/m1/s1. The third-order valence-electron chi connectivity index (χ3n) is 10.4. The fraction of sp³-hybridized carbons (Fsp3) is 0.262. The molecule has 0 bridgehead atoms. The second-order valence-corrected chi connectivity index (χ2v) is 14.1. The van der Waals surface area contributed by atoms with Gasteiger partial charge in [0.25, 0.3) is 11.8 Å². The van der Waals surface area contributed by atoms with Crippen molar-refractivity contribution in [1.82, 2.24) is 14.4 Å². The Labute approximate surface area is 308 Å². The summed E-state index contributed by atoms with van der Waals surface area (Å²) in [6.45, 7) is 5.50. The van der Waals surface area contributed by atoms with Gasteiger partial charge in [0.2, 0.25) is 5.91 Å². The van der Waals surface area contributed by atoms with E-state index in [0.717, 1.165) is 34.5 Å². The molecule has 1 N–H and O–H groups in total. The van der Waals surface area contributed by atoms with Crippen LogP contribution in [0.3, 0.4) is 0 Å². The van der Waals surface area contributed by atoms with Crippen molar-refractivity contribution in [3.05, 3.63) is 135 Å². The fourth-order valence-corrected chi connectivity index (χ4v) is 7.34. The average molecular weight is 717 g/mol. The van der Waals surface area contributed by atoms with Gasteiger partial charge in [-0.25, -0.2) is 0 Å². The second-order valence-electron chi connectivity index (χ2n) is 13.7. The SMILES string of the molecule is Cc1c(C(=O)N(C)c2ccc(O)cc2)cc(-c2cc3c(cc2C(=O)N2Cc4ccccc4C[C@H]2C)CN(C(=O)CCOc2ccc(Cl)cc2)C3)n1C. The second kappa shape index (κ2) is 14.2. The van der Waals surface area contributed by atoms with Gasteiger partial charge in [0.1, 0.15) is 11.5 Å². The van der Waals surface area contributed by atoms with Crippen LogP contribution in [-0.4, -0.2) is 56.9 Å². The Balaban J connectivity index is 1.21. The van der Waals surface area contributed by atoms with Crippen LogP contribution in [0.1, 0.15) is 62.0 Å². The van der Waals surface area contributed by atoms with Gasteiger partial charge in [-0.15, -0.1) is 0 Å². The topological polar surface area (TPSA) is 95.3 Å². The van der Waals surface area contributed by atoms with Crippen molar-refractivity contribution in [2.24, 2.45) is 7.05 Å². The number of phenols is 1. The van der Waals surface area contributed by atoms with Crippen molar-refractivity contribution < 1.29 is 24.2 Å². The first-order chi connectivity index (χ1) is 25.0. The minimum Gasteiger partial charge on any atom is -0.508 e. The number of hydrogen-bond donors (Lipinski definition) is 1. The van der Waals surface area contributed by atoms with Crippen LogP contribution in [0, 0.1) is 6.92 Å². The molecule has 0 saturated heterocycles. The van der Waals surface area contributed by atoms with Crippen LogP contribution in [0.25, 0.3) is 11.3 Å². The van der Waals surface area contributed by atoms with Gasteiger partial charge in [0.15, 0.2) is 0 Å². The molecular formula is C42H41ClN4O5. The number of amides is 3. The molecule has 0 spiro atoms. The molecule has 5 aromatic rings. The van der Waals surface area contributed by atoms with Gasteiger partial charge in [-0.2, -0.15) is 0 Å². The summed E-state index contributed by atoms with van der Waals surface area (Å²) in [5, 5.41) is 10.4. The molecule has 0 radical (unpaired) electrons. The monoisotopic (exact) mass is 716 g/mol. The Kier molecular flexibility index (Phi) is 9.55. The number of rotatable bonds is 8. The maximum Gasteiger partial charge on any atom is 0.259 e. The molecule has 2 aliphatic rings. The number of benzene rings is 4. The van der Waals surface area contributed by atoms with Gasteiger partial charge in [-0.3, -0.25) is 14.4 Å². The number of nitrogens with zero attached hydrogens (tertiary/aromatic N) is 4. The summed E-state index contributed by atoms with van der Waals surface area (Å²) >= 11 is 5.98. The predicted octanol–water partition coefficient (Wildman–Crippen LogP) is 7.53. The molecule has 0 fully saturated rings. The summed E-state index contributed by atoms with van der Waals surface area (Å²) in [4.78, 5) is 47.3. The third-order valence-corrected chi connectivity index (χ3v) is 10.6. The molecule has 0 saturated carbocycles. The number of aromatic hydroxyl groups is 1. The Morgan fingerprint density at radius 1 is 0.865 bits per heavy atom. The summed E-state index contributed by atoms with van der Waals surface area (Å²) in [5.41, 5.74) is 8.16. The highest BCUT2D eigenvalue weighted by atomic mass is 35.5. The minimum absolute atomic E-state index is 0.0199. The van der Waals surface area contributed by atoms with E-state index < -0.39 is 0 Å². The van der Waals surface area contributed by atoms with Crippen LogP contribution in [0.5, 0.6) is 11.5 Å². The number of aromatic nitrogens is 1. The van der Waals surface area contributed by atoms with Crippen LogP contribution in [-0.2, 0) is 37.9 Å². The molecular weight excluding hydrogens is 676 g/mol. The van der Waals surface area contributed by atoms with Crippen molar-refractivity contribution in [2.45, 2.75) is 52.4 Å².